The molecular formula is C28H36N9O6+. The second-order valence-electron chi connectivity index (χ2n) is 11.8. The lowest BCUT2D eigenvalue weighted by atomic mass is 9.79. The van der Waals surface area contributed by atoms with Crippen LogP contribution in [-0.4, -0.2) is 100 Å². The van der Waals surface area contributed by atoms with E-state index in [1.807, 2.05) is 6.07 Å². The predicted octanol–water partition coefficient (Wildman–Crippen LogP) is -3.56. The topological polar surface area (TPSA) is 224 Å². The van der Waals surface area contributed by atoms with Gasteiger partial charge in [0.25, 0.3) is 17.5 Å². The van der Waals surface area contributed by atoms with E-state index in [4.69, 9.17) is 20.9 Å². The largest absolute Gasteiger partial charge is 0.492 e. The normalized spacial score (nSPS) is 27.7. The van der Waals surface area contributed by atoms with E-state index in [-0.39, 0.29) is 47.6 Å². The minimum atomic E-state index is -2.60. The fourth-order valence-electron chi connectivity index (χ4n) is 6.46. The monoisotopic (exact) mass is 594 g/mol. The SMILES string of the molecule is COc1cccc(C(=O)NC[C@@H]2N=C(N)N3CC(NC(=O)c4cccc5c4OCCC5(C)C)C(O)(O)[C@@]34NC(N)=[NH+][C@@H]24)n1. The van der Waals surface area contributed by atoms with Gasteiger partial charge in [-0.05, 0) is 24.0 Å². The first-order valence-corrected chi connectivity index (χ1v) is 14.0. The van der Waals surface area contributed by atoms with Gasteiger partial charge in [-0.3, -0.25) is 25.2 Å². The van der Waals surface area contributed by atoms with Crippen LogP contribution < -0.4 is 41.9 Å². The smallest absolute Gasteiger partial charge is 0.343 e. The number of carbonyl (C=O) groups excluding carboxylic acids is 2. The average Bonchev–Trinajstić information content (AvgIpc) is 3.45. The summed E-state index contributed by atoms with van der Waals surface area (Å²) in [4.78, 5) is 39.6. The summed E-state index contributed by atoms with van der Waals surface area (Å²) in [5.41, 5.74) is 11.9. The second kappa shape index (κ2) is 9.98. The standard InChI is InChI=1S/C28H35N9O6/c1-26(2)10-11-43-20-14(6-4-7-15(20)26)22(38)34-18-13-37-25(30)33-17(21-27(37,28(18,40)41)36-24(29)35-21)12-31-23(39)16-8-5-9-19(32-16)42-3/h4-9,17-18,21,40-41H,10-13H2,1-3H3,(H2,30,33)(H,31,39)(H,34,38)(H3,29,35,36)/p+1/t17-,18?,21-,27-/m0/s1. The predicted molar refractivity (Wildman–Crippen MR) is 153 cm³/mol. The van der Waals surface area contributed by atoms with Crippen LogP contribution in [0.25, 0.3) is 0 Å². The van der Waals surface area contributed by atoms with E-state index in [9.17, 15) is 19.8 Å². The van der Waals surface area contributed by atoms with E-state index < -0.39 is 41.4 Å². The number of aromatic nitrogens is 1. The molecule has 1 aromatic heterocycles. The summed E-state index contributed by atoms with van der Waals surface area (Å²) in [6, 6.07) is 7.26. The van der Waals surface area contributed by atoms with E-state index in [0.717, 1.165) is 12.0 Å². The molecule has 4 aliphatic heterocycles. The fourth-order valence-corrected chi connectivity index (χ4v) is 6.46. The molecule has 0 radical (unpaired) electrons. The van der Waals surface area contributed by atoms with Gasteiger partial charge in [-0.2, -0.15) is 0 Å². The summed E-state index contributed by atoms with van der Waals surface area (Å²) in [7, 11) is 1.45. The van der Waals surface area contributed by atoms with E-state index in [1.54, 1.807) is 24.3 Å². The minimum absolute atomic E-state index is 0.0228. The summed E-state index contributed by atoms with van der Waals surface area (Å²) < 4.78 is 11.0. The molecule has 0 saturated carbocycles. The molecular weight excluding hydrogens is 558 g/mol. The highest BCUT2D eigenvalue weighted by Gasteiger charge is 2.76. The van der Waals surface area contributed by atoms with Gasteiger partial charge >= 0.3 is 5.96 Å². The number of benzene rings is 1. The van der Waals surface area contributed by atoms with Crippen molar-refractivity contribution >= 4 is 23.7 Å². The second-order valence-corrected chi connectivity index (χ2v) is 11.8. The summed E-state index contributed by atoms with van der Waals surface area (Å²) in [5.74, 6) is -2.84. The van der Waals surface area contributed by atoms with Crippen molar-refractivity contribution in [3.63, 3.8) is 0 Å². The highest BCUT2D eigenvalue weighted by atomic mass is 16.5. The molecule has 1 aromatic carbocycles. The third kappa shape index (κ3) is 4.38. The number of fused-ring (bicyclic) bond motifs is 1. The Morgan fingerprint density at radius 3 is 2.74 bits per heavy atom. The molecule has 15 heteroatoms. The van der Waals surface area contributed by atoms with Crippen molar-refractivity contribution < 1.29 is 34.3 Å². The lowest BCUT2D eigenvalue weighted by Gasteiger charge is -2.46. The molecule has 4 aliphatic rings. The zero-order chi connectivity index (χ0) is 30.7. The van der Waals surface area contributed by atoms with E-state index in [1.165, 1.54) is 18.1 Å². The number of amides is 2. The van der Waals surface area contributed by atoms with Gasteiger partial charge < -0.3 is 36.1 Å². The Morgan fingerprint density at radius 1 is 1.21 bits per heavy atom. The number of rotatable bonds is 6. The van der Waals surface area contributed by atoms with Crippen LogP contribution in [-0.2, 0) is 5.41 Å². The van der Waals surface area contributed by atoms with Gasteiger partial charge in [-0.25, -0.2) is 15.3 Å². The van der Waals surface area contributed by atoms with Gasteiger partial charge in [0.1, 0.15) is 23.5 Å². The maximum Gasteiger partial charge on any atom is 0.343 e. The third-order valence-corrected chi connectivity index (χ3v) is 8.79. The van der Waals surface area contributed by atoms with Crippen LogP contribution in [0.4, 0.5) is 0 Å². The van der Waals surface area contributed by atoms with E-state index in [0.29, 0.717) is 12.4 Å². The maximum atomic E-state index is 13.6. The highest BCUT2D eigenvalue weighted by molar-refractivity contribution is 5.98. The molecule has 228 valence electrons. The highest BCUT2D eigenvalue weighted by Crippen LogP contribution is 2.43. The Bertz CT molecular complexity index is 1540. The first-order chi connectivity index (χ1) is 20.4. The van der Waals surface area contributed by atoms with Crippen LogP contribution >= 0.6 is 0 Å². The molecule has 0 aliphatic carbocycles. The van der Waals surface area contributed by atoms with Crippen molar-refractivity contribution in [1.82, 2.24) is 25.8 Å². The number of hydrogen-bond acceptors (Lipinski definition) is 12. The van der Waals surface area contributed by atoms with Crippen molar-refractivity contribution in [3.05, 3.63) is 53.2 Å². The number of carbonyl (C=O) groups is 2. The summed E-state index contributed by atoms with van der Waals surface area (Å²) in [5, 5.41) is 32.0. The van der Waals surface area contributed by atoms with Gasteiger partial charge in [0.15, 0.2) is 12.0 Å². The third-order valence-electron chi connectivity index (χ3n) is 8.79. The molecule has 0 bridgehead atoms. The molecule has 5 heterocycles. The number of aliphatic imine (C=N–C) groups is 1. The molecule has 1 unspecified atom stereocenters. The van der Waals surface area contributed by atoms with Crippen molar-refractivity contribution in [1.29, 1.82) is 0 Å². The number of nitrogens with two attached hydrogens (primary N) is 2. The number of aliphatic hydroxyl groups is 2. The molecule has 2 aromatic rings. The Morgan fingerprint density at radius 2 is 1.98 bits per heavy atom. The Labute approximate surface area is 247 Å². The van der Waals surface area contributed by atoms with Crippen LogP contribution in [0.1, 0.15) is 46.7 Å². The maximum absolute atomic E-state index is 13.6. The van der Waals surface area contributed by atoms with Gasteiger partial charge in [0.05, 0.1) is 25.8 Å². The van der Waals surface area contributed by atoms with Crippen LogP contribution in [0.3, 0.4) is 0 Å². The Hall–Kier alpha value is -4.63. The van der Waals surface area contributed by atoms with Crippen molar-refractivity contribution in [3.8, 4) is 11.6 Å². The van der Waals surface area contributed by atoms with Crippen molar-refractivity contribution in [2.24, 2.45) is 16.5 Å². The first-order valence-electron chi connectivity index (χ1n) is 14.0. The van der Waals surface area contributed by atoms with Crippen LogP contribution in [0, 0.1) is 0 Å². The van der Waals surface area contributed by atoms with Crippen LogP contribution in [0.15, 0.2) is 41.4 Å². The molecule has 1 fully saturated rings. The zero-order valence-corrected chi connectivity index (χ0v) is 24.0. The molecule has 4 atom stereocenters. The Balaban J connectivity index is 1.25. The van der Waals surface area contributed by atoms with Crippen LogP contribution in [0.2, 0.25) is 0 Å². The number of guanidine groups is 2. The lowest BCUT2D eigenvalue weighted by molar-refractivity contribution is -0.521. The molecule has 10 N–H and O–H groups in total. The molecule has 1 spiro atoms. The molecule has 6 rings (SSSR count). The molecule has 15 nitrogen and oxygen atoms in total. The van der Waals surface area contributed by atoms with Crippen molar-refractivity contribution in [2.75, 3.05) is 26.8 Å². The zero-order valence-electron chi connectivity index (χ0n) is 24.0. The van der Waals surface area contributed by atoms with Gasteiger partial charge in [0.2, 0.25) is 11.7 Å². The quantitative estimate of drug-likeness (QED) is 0.153. The molecule has 1 saturated heterocycles. The first kappa shape index (κ1) is 28.5. The minimum Gasteiger partial charge on any atom is -0.492 e. The van der Waals surface area contributed by atoms with Gasteiger partial charge in [-0.1, -0.05) is 32.0 Å². The fraction of sp³-hybridized carbons (Fsp3) is 0.464. The number of ether oxygens (including phenoxy) is 2. The lowest BCUT2D eigenvalue weighted by Crippen LogP contribution is -2.90. The summed E-state index contributed by atoms with van der Waals surface area (Å²) in [6.45, 7) is 4.49. The number of para-hydroxylation sites is 1. The molecule has 2 amide bonds. The number of hydrogen-bond donors (Lipinski definition) is 8. The Kier molecular flexibility index (Phi) is 6.61. The van der Waals surface area contributed by atoms with E-state index in [2.05, 4.69) is 44.8 Å². The average molecular weight is 595 g/mol. The number of nitrogens with one attached hydrogen (secondary N) is 4. The van der Waals surface area contributed by atoms with Crippen LogP contribution in [0.5, 0.6) is 11.6 Å². The summed E-state index contributed by atoms with van der Waals surface area (Å²) >= 11 is 0. The number of methoxy groups -OCH3 is 1. The number of nitrogens with zero attached hydrogens (tertiary/aromatic N) is 3. The molecule has 43 heavy (non-hydrogen) atoms. The van der Waals surface area contributed by atoms with Crippen molar-refractivity contribution in [2.45, 2.75) is 55.3 Å². The summed E-state index contributed by atoms with van der Waals surface area (Å²) in [6.07, 6.45) is 0.801. The number of pyridine rings is 1. The van der Waals surface area contributed by atoms with Gasteiger partial charge in [0, 0.05) is 18.2 Å². The van der Waals surface area contributed by atoms with Gasteiger partial charge in [-0.15, -0.1) is 0 Å². The van der Waals surface area contributed by atoms with E-state index >= 15 is 0 Å².